The molecule has 0 fully saturated rings. The summed E-state index contributed by atoms with van der Waals surface area (Å²) in [5.74, 6) is -0.136. The van der Waals surface area contributed by atoms with Gasteiger partial charge in [0, 0.05) is 16.8 Å². The molecule has 0 bridgehead atoms. The lowest BCUT2D eigenvalue weighted by Gasteiger charge is -2.09. The Bertz CT molecular complexity index is 680. The van der Waals surface area contributed by atoms with Gasteiger partial charge in [0.2, 0.25) is 0 Å². The van der Waals surface area contributed by atoms with Gasteiger partial charge in [0.25, 0.3) is 5.91 Å². The third-order valence-electron chi connectivity index (χ3n) is 3.03. The van der Waals surface area contributed by atoms with Gasteiger partial charge in [-0.05, 0) is 37.6 Å². The fourth-order valence-electron chi connectivity index (χ4n) is 2.02. The van der Waals surface area contributed by atoms with E-state index in [0.717, 1.165) is 16.7 Å². The van der Waals surface area contributed by atoms with Crippen molar-refractivity contribution in [3.63, 3.8) is 0 Å². The SMILES string of the molecule is Cc1ccc(C(=O)Nc2cccc(C(N)=S)c2)c(C)c1. The summed E-state index contributed by atoms with van der Waals surface area (Å²) >= 11 is 4.93. The summed E-state index contributed by atoms with van der Waals surface area (Å²) in [5.41, 5.74) is 9.75. The summed E-state index contributed by atoms with van der Waals surface area (Å²) < 4.78 is 0. The maximum atomic E-state index is 12.3. The minimum absolute atomic E-state index is 0.136. The Morgan fingerprint density at radius 2 is 1.90 bits per heavy atom. The topological polar surface area (TPSA) is 55.1 Å². The fourth-order valence-corrected chi connectivity index (χ4v) is 2.14. The van der Waals surface area contributed by atoms with E-state index in [0.29, 0.717) is 16.2 Å². The number of benzene rings is 2. The average Bonchev–Trinajstić information content (AvgIpc) is 2.38. The number of amides is 1. The van der Waals surface area contributed by atoms with Crippen LogP contribution in [-0.4, -0.2) is 10.9 Å². The third kappa shape index (κ3) is 3.22. The second-order valence-electron chi connectivity index (χ2n) is 4.72. The van der Waals surface area contributed by atoms with Crippen molar-refractivity contribution in [1.29, 1.82) is 0 Å². The van der Waals surface area contributed by atoms with Crippen LogP contribution in [0.5, 0.6) is 0 Å². The third-order valence-corrected chi connectivity index (χ3v) is 3.27. The van der Waals surface area contributed by atoms with Gasteiger partial charge in [-0.25, -0.2) is 0 Å². The molecule has 4 heteroatoms. The van der Waals surface area contributed by atoms with Crippen molar-refractivity contribution in [2.75, 3.05) is 5.32 Å². The molecule has 0 aliphatic carbocycles. The lowest BCUT2D eigenvalue weighted by Crippen LogP contribution is -2.15. The van der Waals surface area contributed by atoms with Crippen LogP contribution in [0.4, 0.5) is 5.69 Å². The molecule has 0 spiro atoms. The Labute approximate surface area is 123 Å². The van der Waals surface area contributed by atoms with Crippen LogP contribution in [-0.2, 0) is 0 Å². The molecule has 1 amide bonds. The van der Waals surface area contributed by atoms with Crippen LogP contribution >= 0.6 is 12.2 Å². The smallest absolute Gasteiger partial charge is 0.255 e. The van der Waals surface area contributed by atoms with Gasteiger partial charge in [-0.15, -0.1) is 0 Å². The molecular weight excluding hydrogens is 268 g/mol. The number of rotatable bonds is 3. The van der Waals surface area contributed by atoms with Gasteiger partial charge in [0.15, 0.2) is 0 Å². The highest BCUT2D eigenvalue weighted by molar-refractivity contribution is 7.80. The largest absolute Gasteiger partial charge is 0.389 e. The van der Waals surface area contributed by atoms with Crippen molar-refractivity contribution in [3.05, 3.63) is 64.7 Å². The molecule has 0 unspecified atom stereocenters. The fraction of sp³-hybridized carbons (Fsp3) is 0.125. The van der Waals surface area contributed by atoms with Crippen LogP contribution in [0.2, 0.25) is 0 Å². The van der Waals surface area contributed by atoms with E-state index in [1.807, 2.05) is 50.2 Å². The first-order valence-electron chi connectivity index (χ1n) is 6.26. The van der Waals surface area contributed by atoms with Crippen LogP contribution in [0.15, 0.2) is 42.5 Å². The van der Waals surface area contributed by atoms with Gasteiger partial charge >= 0.3 is 0 Å². The number of carbonyl (C=O) groups is 1. The summed E-state index contributed by atoms with van der Waals surface area (Å²) in [6, 6.07) is 12.9. The van der Waals surface area contributed by atoms with E-state index in [1.54, 1.807) is 6.07 Å². The van der Waals surface area contributed by atoms with Crippen molar-refractivity contribution in [2.24, 2.45) is 5.73 Å². The van der Waals surface area contributed by atoms with E-state index < -0.39 is 0 Å². The molecule has 2 aromatic carbocycles. The summed E-state index contributed by atoms with van der Waals surface area (Å²) in [5, 5.41) is 2.86. The molecule has 102 valence electrons. The van der Waals surface area contributed by atoms with Crippen molar-refractivity contribution in [2.45, 2.75) is 13.8 Å². The molecule has 3 nitrogen and oxygen atoms in total. The van der Waals surface area contributed by atoms with Crippen molar-refractivity contribution >= 4 is 28.8 Å². The second kappa shape index (κ2) is 5.84. The van der Waals surface area contributed by atoms with E-state index >= 15 is 0 Å². The number of thiocarbonyl (C=S) groups is 1. The summed E-state index contributed by atoms with van der Waals surface area (Å²) in [6.45, 7) is 3.92. The molecule has 0 heterocycles. The first-order valence-corrected chi connectivity index (χ1v) is 6.66. The number of hydrogen-bond donors (Lipinski definition) is 2. The van der Waals surface area contributed by atoms with Crippen molar-refractivity contribution < 1.29 is 4.79 Å². The first-order chi connectivity index (χ1) is 9.47. The van der Waals surface area contributed by atoms with Gasteiger partial charge in [-0.2, -0.15) is 0 Å². The van der Waals surface area contributed by atoms with Gasteiger partial charge in [0.1, 0.15) is 4.99 Å². The Morgan fingerprint density at radius 3 is 2.55 bits per heavy atom. The molecule has 2 aromatic rings. The highest BCUT2D eigenvalue weighted by Gasteiger charge is 2.09. The van der Waals surface area contributed by atoms with E-state index in [9.17, 15) is 4.79 Å². The number of hydrogen-bond acceptors (Lipinski definition) is 2. The molecule has 0 atom stereocenters. The zero-order valence-corrected chi connectivity index (χ0v) is 12.3. The number of nitrogens with one attached hydrogen (secondary N) is 1. The molecule has 0 radical (unpaired) electrons. The van der Waals surface area contributed by atoms with Gasteiger partial charge in [-0.1, -0.05) is 42.0 Å². The normalized spacial score (nSPS) is 10.1. The highest BCUT2D eigenvalue weighted by Crippen LogP contribution is 2.15. The van der Waals surface area contributed by atoms with Crippen LogP contribution in [0.1, 0.15) is 27.0 Å². The first kappa shape index (κ1) is 14.2. The predicted molar refractivity (Wildman–Crippen MR) is 86.2 cm³/mol. The predicted octanol–water partition coefficient (Wildman–Crippen LogP) is 3.19. The summed E-state index contributed by atoms with van der Waals surface area (Å²) in [7, 11) is 0. The van der Waals surface area contributed by atoms with Crippen LogP contribution in [0, 0.1) is 13.8 Å². The molecule has 2 rings (SSSR count). The molecule has 0 aliphatic rings. The lowest BCUT2D eigenvalue weighted by molar-refractivity contribution is 0.102. The molecule has 0 aromatic heterocycles. The maximum Gasteiger partial charge on any atom is 0.255 e. The summed E-state index contributed by atoms with van der Waals surface area (Å²) in [4.78, 5) is 12.6. The second-order valence-corrected chi connectivity index (χ2v) is 5.16. The van der Waals surface area contributed by atoms with Gasteiger partial charge in [-0.3, -0.25) is 4.79 Å². The Morgan fingerprint density at radius 1 is 1.15 bits per heavy atom. The Balaban J connectivity index is 2.23. The van der Waals surface area contributed by atoms with Crippen LogP contribution in [0.3, 0.4) is 0 Å². The van der Waals surface area contributed by atoms with Crippen LogP contribution < -0.4 is 11.1 Å². The lowest BCUT2D eigenvalue weighted by atomic mass is 10.1. The zero-order valence-electron chi connectivity index (χ0n) is 11.4. The standard InChI is InChI=1S/C16H16N2OS/c1-10-6-7-14(11(2)8-10)16(19)18-13-5-3-4-12(9-13)15(17)20/h3-9H,1-2H3,(H2,17,20)(H,18,19). The van der Waals surface area contributed by atoms with E-state index in [-0.39, 0.29) is 5.91 Å². The quantitative estimate of drug-likeness (QED) is 0.851. The number of carbonyl (C=O) groups excluding carboxylic acids is 1. The zero-order chi connectivity index (χ0) is 14.7. The number of nitrogens with two attached hydrogens (primary N) is 1. The minimum atomic E-state index is -0.136. The van der Waals surface area contributed by atoms with E-state index in [4.69, 9.17) is 18.0 Å². The maximum absolute atomic E-state index is 12.3. The number of aryl methyl sites for hydroxylation is 2. The molecule has 0 aliphatic heterocycles. The summed E-state index contributed by atoms with van der Waals surface area (Å²) in [6.07, 6.45) is 0. The highest BCUT2D eigenvalue weighted by atomic mass is 32.1. The molecule has 20 heavy (non-hydrogen) atoms. The monoisotopic (exact) mass is 284 g/mol. The van der Waals surface area contributed by atoms with Gasteiger partial charge < -0.3 is 11.1 Å². The molecular formula is C16H16N2OS. The molecule has 0 saturated heterocycles. The number of anilines is 1. The van der Waals surface area contributed by atoms with Crippen molar-refractivity contribution in [1.82, 2.24) is 0 Å². The van der Waals surface area contributed by atoms with Gasteiger partial charge in [0.05, 0.1) is 0 Å². The Hall–Kier alpha value is -2.20. The van der Waals surface area contributed by atoms with Crippen LogP contribution in [0.25, 0.3) is 0 Å². The molecule has 3 N–H and O–H groups in total. The van der Waals surface area contributed by atoms with Crippen molar-refractivity contribution in [3.8, 4) is 0 Å². The minimum Gasteiger partial charge on any atom is -0.389 e. The van der Waals surface area contributed by atoms with E-state index in [1.165, 1.54) is 0 Å². The molecule has 0 saturated carbocycles. The Kier molecular flexibility index (Phi) is 4.15. The average molecular weight is 284 g/mol. The van der Waals surface area contributed by atoms with E-state index in [2.05, 4.69) is 5.32 Å².